The molecule has 0 aliphatic heterocycles. The van der Waals surface area contributed by atoms with Gasteiger partial charge in [0.2, 0.25) is 5.91 Å². The van der Waals surface area contributed by atoms with E-state index in [-0.39, 0.29) is 12.0 Å². The van der Waals surface area contributed by atoms with Crippen molar-refractivity contribution in [3.63, 3.8) is 0 Å². The van der Waals surface area contributed by atoms with Crippen molar-refractivity contribution in [2.45, 2.75) is 33.0 Å². The second-order valence-corrected chi connectivity index (χ2v) is 6.24. The third kappa shape index (κ3) is 7.99. The van der Waals surface area contributed by atoms with Crippen LogP contribution >= 0.6 is 0 Å². The highest BCUT2D eigenvalue weighted by Gasteiger charge is 1.98. The Morgan fingerprint density at radius 2 is 1.81 bits per heavy atom. The Hall–Kier alpha value is -2.59. The van der Waals surface area contributed by atoms with Crippen LogP contribution in [0.4, 0.5) is 0 Å². The molecule has 0 fully saturated rings. The summed E-state index contributed by atoms with van der Waals surface area (Å²) in [5.41, 5.74) is 2.09. The van der Waals surface area contributed by atoms with E-state index in [1.165, 1.54) is 0 Å². The number of carbonyl (C=O) groups excluding carboxylic acids is 1. The molecule has 0 atom stereocenters. The number of hydrogen-bond acceptors (Lipinski definition) is 3. The Kier molecular flexibility index (Phi) is 8.43. The van der Waals surface area contributed by atoms with Crippen molar-refractivity contribution >= 4 is 12.0 Å². The van der Waals surface area contributed by atoms with E-state index in [4.69, 9.17) is 9.47 Å². The molecule has 2 aromatic carbocycles. The van der Waals surface area contributed by atoms with Gasteiger partial charge in [0, 0.05) is 19.2 Å². The molecular weight excluding hydrogens is 326 g/mol. The van der Waals surface area contributed by atoms with Crippen LogP contribution in [0.3, 0.4) is 0 Å². The van der Waals surface area contributed by atoms with Gasteiger partial charge in [-0.1, -0.05) is 42.5 Å². The van der Waals surface area contributed by atoms with Gasteiger partial charge in [0.15, 0.2) is 0 Å². The van der Waals surface area contributed by atoms with Crippen molar-refractivity contribution in [3.8, 4) is 5.75 Å². The summed E-state index contributed by atoms with van der Waals surface area (Å²) in [7, 11) is 0. The van der Waals surface area contributed by atoms with Crippen LogP contribution in [0.5, 0.6) is 5.75 Å². The Morgan fingerprint density at radius 1 is 1.08 bits per heavy atom. The van der Waals surface area contributed by atoms with E-state index in [0.29, 0.717) is 19.8 Å². The van der Waals surface area contributed by atoms with E-state index < -0.39 is 0 Å². The summed E-state index contributed by atoms with van der Waals surface area (Å²) in [4.78, 5) is 11.8. The molecule has 0 aromatic heterocycles. The van der Waals surface area contributed by atoms with Gasteiger partial charge >= 0.3 is 0 Å². The van der Waals surface area contributed by atoms with Crippen LogP contribution in [0, 0.1) is 0 Å². The number of amides is 1. The van der Waals surface area contributed by atoms with Crippen LogP contribution in [-0.2, 0) is 16.1 Å². The molecule has 1 amide bonds. The summed E-state index contributed by atoms with van der Waals surface area (Å²) < 4.78 is 11.2. The summed E-state index contributed by atoms with van der Waals surface area (Å²) >= 11 is 0. The fraction of sp³-hybridized carbons (Fsp3) is 0.318. The summed E-state index contributed by atoms with van der Waals surface area (Å²) in [6, 6.07) is 17.7. The molecule has 0 saturated heterocycles. The van der Waals surface area contributed by atoms with Crippen molar-refractivity contribution < 1.29 is 14.3 Å². The quantitative estimate of drug-likeness (QED) is 0.514. The van der Waals surface area contributed by atoms with Gasteiger partial charge < -0.3 is 14.8 Å². The molecule has 2 rings (SSSR count). The zero-order valence-corrected chi connectivity index (χ0v) is 15.5. The van der Waals surface area contributed by atoms with Crippen molar-refractivity contribution in [2.75, 3.05) is 13.2 Å². The number of benzene rings is 2. The Morgan fingerprint density at radius 3 is 2.50 bits per heavy atom. The van der Waals surface area contributed by atoms with Crippen LogP contribution < -0.4 is 10.1 Å². The maximum Gasteiger partial charge on any atom is 0.244 e. The average molecular weight is 353 g/mol. The van der Waals surface area contributed by atoms with Crippen LogP contribution in [0.15, 0.2) is 60.7 Å². The molecule has 0 aliphatic carbocycles. The van der Waals surface area contributed by atoms with Gasteiger partial charge in [-0.15, -0.1) is 0 Å². The second kappa shape index (κ2) is 11.1. The first-order chi connectivity index (χ1) is 12.6. The summed E-state index contributed by atoms with van der Waals surface area (Å²) in [6.45, 7) is 5.81. The van der Waals surface area contributed by atoms with Crippen LogP contribution in [-0.4, -0.2) is 25.2 Å². The number of carbonyl (C=O) groups is 1. The Balaban J connectivity index is 1.70. The van der Waals surface area contributed by atoms with E-state index >= 15 is 0 Å². The molecule has 138 valence electrons. The molecule has 0 unspecified atom stereocenters. The summed E-state index contributed by atoms with van der Waals surface area (Å²) in [5, 5.41) is 2.85. The number of nitrogens with one attached hydrogen (secondary N) is 1. The van der Waals surface area contributed by atoms with Gasteiger partial charge in [-0.2, -0.15) is 0 Å². The predicted octanol–water partition coefficient (Wildman–Crippen LogP) is 4.21. The zero-order valence-electron chi connectivity index (χ0n) is 15.5. The molecule has 4 nitrogen and oxygen atoms in total. The molecule has 0 aliphatic rings. The molecule has 0 heterocycles. The standard InChI is InChI=1S/C22H27NO3/c1-18(2)25-16-6-15-23-22(24)14-11-19-9-12-21(13-10-19)26-17-20-7-4-3-5-8-20/h3-5,7-14,18H,6,15-17H2,1-2H3,(H,23,24)/b14-11+. The summed E-state index contributed by atoms with van der Waals surface area (Å²) in [6.07, 6.45) is 4.38. The van der Waals surface area contributed by atoms with Gasteiger partial charge in [-0.3, -0.25) is 4.79 Å². The SMILES string of the molecule is CC(C)OCCCNC(=O)/C=C/c1ccc(OCc2ccccc2)cc1. The van der Waals surface area contributed by atoms with Gasteiger partial charge in [0.1, 0.15) is 12.4 Å². The van der Waals surface area contributed by atoms with Gasteiger partial charge in [0.25, 0.3) is 0 Å². The van der Waals surface area contributed by atoms with Gasteiger partial charge in [-0.05, 0) is 49.6 Å². The van der Waals surface area contributed by atoms with E-state index in [1.807, 2.05) is 68.4 Å². The molecule has 0 radical (unpaired) electrons. The molecule has 2 aromatic rings. The van der Waals surface area contributed by atoms with Crippen LogP contribution in [0.25, 0.3) is 6.08 Å². The third-order valence-electron chi connectivity index (χ3n) is 3.63. The van der Waals surface area contributed by atoms with Crippen LogP contribution in [0.1, 0.15) is 31.4 Å². The number of ether oxygens (including phenoxy) is 2. The lowest BCUT2D eigenvalue weighted by Gasteiger charge is -2.07. The van der Waals surface area contributed by atoms with E-state index in [0.717, 1.165) is 23.3 Å². The highest BCUT2D eigenvalue weighted by atomic mass is 16.5. The smallest absolute Gasteiger partial charge is 0.244 e. The van der Waals surface area contributed by atoms with Crippen molar-refractivity contribution in [3.05, 3.63) is 71.8 Å². The molecule has 1 N–H and O–H groups in total. The molecule has 4 heteroatoms. The minimum atomic E-state index is -0.0982. The van der Waals surface area contributed by atoms with Crippen molar-refractivity contribution in [2.24, 2.45) is 0 Å². The maximum atomic E-state index is 11.8. The maximum absolute atomic E-state index is 11.8. The van der Waals surface area contributed by atoms with Gasteiger partial charge in [0.05, 0.1) is 6.10 Å². The average Bonchev–Trinajstić information content (AvgIpc) is 2.66. The van der Waals surface area contributed by atoms with Crippen molar-refractivity contribution in [1.82, 2.24) is 5.32 Å². The lowest BCUT2D eigenvalue weighted by molar-refractivity contribution is -0.116. The Labute approximate surface area is 155 Å². The largest absolute Gasteiger partial charge is 0.489 e. The fourth-order valence-electron chi connectivity index (χ4n) is 2.25. The first-order valence-corrected chi connectivity index (χ1v) is 8.98. The number of hydrogen-bond donors (Lipinski definition) is 1. The molecule has 0 saturated carbocycles. The first kappa shape index (κ1) is 19.7. The molecule has 0 bridgehead atoms. The van der Waals surface area contributed by atoms with Crippen molar-refractivity contribution in [1.29, 1.82) is 0 Å². The number of rotatable bonds is 10. The first-order valence-electron chi connectivity index (χ1n) is 8.98. The van der Waals surface area contributed by atoms with E-state index in [1.54, 1.807) is 12.2 Å². The highest BCUT2D eigenvalue weighted by molar-refractivity contribution is 5.91. The lowest BCUT2D eigenvalue weighted by atomic mass is 10.2. The van der Waals surface area contributed by atoms with Crippen LogP contribution in [0.2, 0.25) is 0 Å². The van der Waals surface area contributed by atoms with E-state index in [9.17, 15) is 4.79 Å². The molecule has 26 heavy (non-hydrogen) atoms. The second-order valence-electron chi connectivity index (χ2n) is 6.24. The van der Waals surface area contributed by atoms with Gasteiger partial charge in [-0.25, -0.2) is 0 Å². The summed E-state index contributed by atoms with van der Waals surface area (Å²) in [5.74, 6) is 0.708. The minimum absolute atomic E-state index is 0.0982. The Bertz CT molecular complexity index is 678. The molecule has 0 spiro atoms. The minimum Gasteiger partial charge on any atom is -0.489 e. The lowest BCUT2D eigenvalue weighted by Crippen LogP contribution is -2.23. The molecular formula is C22H27NO3. The highest BCUT2D eigenvalue weighted by Crippen LogP contribution is 2.15. The monoisotopic (exact) mass is 353 g/mol. The third-order valence-corrected chi connectivity index (χ3v) is 3.63. The normalized spacial score (nSPS) is 11.0. The predicted molar refractivity (Wildman–Crippen MR) is 105 cm³/mol. The van der Waals surface area contributed by atoms with E-state index in [2.05, 4.69) is 5.32 Å². The topological polar surface area (TPSA) is 47.6 Å². The fourth-order valence-corrected chi connectivity index (χ4v) is 2.25. The zero-order chi connectivity index (χ0) is 18.6.